The van der Waals surface area contributed by atoms with Crippen LogP contribution in [-0.4, -0.2) is 51.8 Å². The lowest BCUT2D eigenvalue weighted by molar-refractivity contribution is 0.0218. The quantitative estimate of drug-likeness (QED) is 0.613. The number of hydrogen-bond acceptors (Lipinski definition) is 4. The molecule has 1 unspecified atom stereocenters. The summed E-state index contributed by atoms with van der Waals surface area (Å²) in [5, 5.41) is 0. The number of fused-ring (bicyclic) bond motifs is 1. The number of anilines is 1. The molecule has 0 spiro atoms. The van der Waals surface area contributed by atoms with Crippen molar-refractivity contribution in [3.8, 4) is 0 Å². The zero-order valence-corrected chi connectivity index (χ0v) is 18.5. The predicted octanol–water partition coefficient (Wildman–Crippen LogP) is 4.67. The monoisotopic (exact) mass is 424 g/mol. The van der Waals surface area contributed by atoms with Gasteiger partial charge in [-0.15, -0.1) is 0 Å². The van der Waals surface area contributed by atoms with Crippen molar-refractivity contribution in [3.05, 3.63) is 59.9 Å². The molecule has 1 amide bonds. The van der Waals surface area contributed by atoms with E-state index in [-0.39, 0.29) is 18.0 Å². The van der Waals surface area contributed by atoms with Gasteiger partial charge in [0.1, 0.15) is 11.4 Å². The number of ether oxygens (including phenoxy) is 1. The summed E-state index contributed by atoms with van der Waals surface area (Å²) in [6.45, 7) is 10.1. The number of carbonyl (C=O) groups excluding carboxylic acids is 1. The molecule has 1 saturated heterocycles. The molecule has 3 aromatic rings. The number of amides is 1. The summed E-state index contributed by atoms with van der Waals surface area (Å²) in [5.74, 6) is 0.619. The minimum absolute atomic E-state index is 0.0741. The first kappa shape index (κ1) is 21.2. The van der Waals surface area contributed by atoms with Crippen molar-refractivity contribution >= 4 is 23.1 Å². The summed E-state index contributed by atoms with van der Waals surface area (Å²) in [4.78, 5) is 21.4. The van der Waals surface area contributed by atoms with E-state index in [0.717, 1.165) is 22.5 Å². The van der Waals surface area contributed by atoms with Crippen molar-refractivity contribution in [2.24, 2.45) is 0 Å². The number of rotatable bonds is 3. The van der Waals surface area contributed by atoms with E-state index in [1.165, 1.54) is 12.1 Å². The van der Waals surface area contributed by atoms with Gasteiger partial charge in [0.05, 0.1) is 17.6 Å². The Kier molecular flexibility index (Phi) is 5.60. The van der Waals surface area contributed by atoms with Gasteiger partial charge in [0.25, 0.3) is 0 Å². The zero-order chi connectivity index (χ0) is 22.2. The molecule has 1 aliphatic heterocycles. The first-order chi connectivity index (χ1) is 14.7. The summed E-state index contributed by atoms with van der Waals surface area (Å²) in [7, 11) is 0. The Labute approximate surface area is 182 Å². The van der Waals surface area contributed by atoms with Crippen LogP contribution in [0.2, 0.25) is 0 Å². The fourth-order valence-corrected chi connectivity index (χ4v) is 3.96. The maximum atomic E-state index is 13.4. The van der Waals surface area contributed by atoms with Gasteiger partial charge in [-0.2, -0.15) is 0 Å². The van der Waals surface area contributed by atoms with Crippen LogP contribution in [0.25, 0.3) is 11.0 Å². The van der Waals surface area contributed by atoms with Gasteiger partial charge in [-0.3, -0.25) is 0 Å². The molecule has 1 atom stereocenters. The van der Waals surface area contributed by atoms with E-state index in [1.807, 2.05) is 39.0 Å². The molecule has 0 aliphatic carbocycles. The van der Waals surface area contributed by atoms with E-state index in [9.17, 15) is 9.18 Å². The highest BCUT2D eigenvalue weighted by Crippen LogP contribution is 2.27. The molecule has 31 heavy (non-hydrogen) atoms. The fourth-order valence-electron chi connectivity index (χ4n) is 3.96. The molecule has 1 fully saturated rings. The van der Waals surface area contributed by atoms with Gasteiger partial charge in [-0.25, -0.2) is 14.2 Å². The van der Waals surface area contributed by atoms with Crippen molar-refractivity contribution in [1.82, 2.24) is 14.5 Å². The van der Waals surface area contributed by atoms with Gasteiger partial charge in [-0.1, -0.05) is 24.3 Å². The number of aromatic nitrogens is 2. The second-order valence-electron chi connectivity index (χ2n) is 9.08. The first-order valence-corrected chi connectivity index (χ1v) is 10.7. The van der Waals surface area contributed by atoms with Crippen LogP contribution in [0.4, 0.5) is 15.1 Å². The van der Waals surface area contributed by atoms with E-state index in [2.05, 4.69) is 22.5 Å². The van der Waals surface area contributed by atoms with Crippen molar-refractivity contribution in [2.75, 3.05) is 24.5 Å². The van der Waals surface area contributed by atoms with Gasteiger partial charge in [0, 0.05) is 25.7 Å². The molecule has 0 bridgehead atoms. The van der Waals surface area contributed by atoms with Crippen LogP contribution in [0.3, 0.4) is 0 Å². The van der Waals surface area contributed by atoms with Crippen LogP contribution >= 0.6 is 0 Å². The molecular weight excluding hydrogens is 395 g/mol. The molecule has 0 saturated carbocycles. The van der Waals surface area contributed by atoms with Gasteiger partial charge < -0.3 is 19.1 Å². The molecule has 2 heterocycles. The average Bonchev–Trinajstić information content (AvgIpc) is 3.06. The van der Waals surface area contributed by atoms with E-state index in [0.29, 0.717) is 26.2 Å². The largest absolute Gasteiger partial charge is 0.444 e. The van der Waals surface area contributed by atoms with Gasteiger partial charge in [0.2, 0.25) is 5.95 Å². The average molecular weight is 425 g/mol. The van der Waals surface area contributed by atoms with E-state index in [4.69, 9.17) is 9.72 Å². The summed E-state index contributed by atoms with van der Waals surface area (Å²) in [6.07, 6.45) is -0.279. The standard InChI is InChI=1S/C24H29FN4O2/c1-17-15-27(23(30)31-24(2,3)4)13-14-28(17)22-26-20-7-5-6-8-21(20)29(22)16-18-9-11-19(25)12-10-18/h5-12,17H,13-16H2,1-4H3. The van der Waals surface area contributed by atoms with Crippen molar-refractivity contribution in [3.63, 3.8) is 0 Å². The predicted molar refractivity (Wildman–Crippen MR) is 120 cm³/mol. The zero-order valence-electron chi connectivity index (χ0n) is 18.5. The Morgan fingerprint density at radius 1 is 1.13 bits per heavy atom. The maximum absolute atomic E-state index is 13.4. The Balaban J connectivity index is 1.61. The number of carbonyl (C=O) groups is 1. The van der Waals surface area contributed by atoms with Crippen molar-refractivity contribution in [2.45, 2.75) is 45.9 Å². The van der Waals surface area contributed by atoms with Crippen LogP contribution in [-0.2, 0) is 11.3 Å². The number of halogens is 1. The lowest BCUT2D eigenvalue weighted by atomic mass is 10.2. The second kappa shape index (κ2) is 8.21. The number of hydrogen-bond donors (Lipinski definition) is 0. The number of nitrogens with zero attached hydrogens (tertiary/aromatic N) is 4. The third-order valence-corrected chi connectivity index (χ3v) is 5.42. The molecule has 0 radical (unpaired) electrons. The maximum Gasteiger partial charge on any atom is 0.410 e. The third-order valence-electron chi connectivity index (χ3n) is 5.42. The minimum Gasteiger partial charge on any atom is -0.444 e. The summed E-state index contributed by atoms with van der Waals surface area (Å²) >= 11 is 0. The highest BCUT2D eigenvalue weighted by Gasteiger charge is 2.32. The van der Waals surface area contributed by atoms with Crippen molar-refractivity contribution in [1.29, 1.82) is 0 Å². The van der Waals surface area contributed by atoms with Gasteiger partial charge >= 0.3 is 6.09 Å². The molecule has 164 valence electrons. The highest BCUT2D eigenvalue weighted by atomic mass is 19.1. The van der Waals surface area contributed by atoms with Crippen LogP contribution in [0.1, 0.15) is 33.3 Å². The Hall–Kier alpha value is -3.09. The number of piperazine rings is 1. The minimum atomic E-state index is -0.513. The molecule has 1 aromatic heterocycles. The second-order valence-corrected chi connectivity index (χ2v) is 9.08. The smallest absolute Gasteiger partial charge is 0.410 e. The molecule has 4 rings (SSSR count). The van der Waals surface area contributed by atoms with Gasteiger partial charge in [0.15, 0.2) is 0 Å². The SMILES string of the molecule is CC1CN(C(=O)OC(C)(C)C)CCN1c1nc2ccccc2n1Cc1ccc(F)cc1. The lowest BCUT2D eigenvalue weighted by Gasteiger charge is -2.40. The summed E-state index contributed by atoms with van der Waals surface area (Å²) in [6, 6.07) is 14.7. The number of imidazole rings is 1. The molecule has 2 aromatic carbocycles. The van der Waals surface area contributed by atoms with E-state index < -0.39 is 5.60 Å². The third kappa shape index (κ3) is 4.65. The lowest BCUT2D eigenvalue weighted by Crippen LogP contribution is -2.55. The van der Waals surface area contributed by atoms with Crippen molar-refractivity contribution < 1.29 is 13.9 Å². The Morgan fingerprint density at radius 2 is 1.84 bits per heavy atom. The molecule has 7 heteroatoms. The molecule has 0 N–H and O–H groups in total. The van der Waals surface area contributed by atoms with Crippen LogP contribution in [0.5, 0.6) is 0 Å². The number of para-hydroxylation sites is 2. The Bertz CT molecular complexity index is 1070. The van der Waals surface area contributed by atoms with Gasteiger partial charge in [-0.05, 0) is 57.5 Å². The highest BCUT2D eigenvalue weighted by molar-refractivity contribution is 5.79. The first-order valence-electron chi connectivity index (χ1n) is 10.7. The topological polar surface area (TPSA) is 50.6 Å². The van der Waals surface area contributed by atoms with Crippen LogP contribution in [0.15, 0.2) is 48.5 Å². The summed E-state index contributed by atoms with van der Waals surface area (Å²) < 4.78 is 21.1. The number of benzene rings is 2. The molecule has 1 aliphatic rings. The summed E-state index contributed by atoms with van der Waals surface area (Å²) in [5.41, 5.74) is 2.44. The molecule has 6 nitrogen and oxygen atoms in total. The van der Waals surface area contributed by atoms with E-state index >= 15 is 0 Å². The normalized spacial score (nSPS) is 17.3. The molecular formula is C24H29FN4O2. The fraction of sp³-hybridized carbons (Fsp3) is 0.417. The van der Waals surface area contributed by atoms with E-state index in [1.54, 1.807) is 17.0 Å². The Morgan fingerprint density at radius 3 is 2.52 bits per heavy atom. The van der Waals surface area contributed by atoms with Crippen LogP contribution < -0.4 is 4.90 Å². The van der Waals surface area contributed by atoms with Crippen LogP contribution in [0, 0.1) is 5.82 Å².